The Morgan fingerprint density at radius 3 is 2.90 bits per heavy atom. The second-order valence-electron chi connectivity index (χ2n) is 6.54. The van der Waals surface area contributed by atoms with Gasteiger partial charge in [-0.3, -0.25) is 4.90 Å². The summed E-state index contributed by atoms with van der Waals surface area (Å²) in [7, 11) is 0. The number of ether oxygens (including phenoxy) is 2. The molecule has 2 N–H and O–H groups in total. The summed E-state index contributed by atoms with van der Waals surface area (Å²) in [5, 5.41) is 13.3. The smallest absolute Gasteiger partial charge is 0.0897 e. The molecule has 0 radical (unpaired) electrons. The SMILES string of the molecule is CC1CCCC(OCC(O)CNCCN2CCOCC2)C1. The summed E-state index contributed by atoms with van der Waals surface area (Å²) in [6.45, 7) is 9.04. The predicted molar refractivity (Wildman–Crippen MR) is 83.5 cm³/mol. The minimum atomic E-state index is -0.396. The molecular formula is C16H32N2O3. The van der Waals surface area contributed by atoms with Crippen LogP contribution in [0.2, 0.25) is 0 Å². The maximum absolute atomic E-state index is 9.96. The minimum Gasteiger partial charge on any atom is -0.389 e. The third kappa shape index (κ3) is 7.06. The van der Waals surface area contributed by atoms with E-state index in [0.717, 1.165) is 58.2 Å². The first kappa shape index (κ1) is 17.2. The van der Waals surface area contributed by atoms with Crippen molar-refractivity contribution in [2.45, 2.75) is 44.8 Å². The first-order valence-corrected chi connectivity index (χ1v) is 8.54. The van der Waals surface area contributed by atoms with Crippen molar-refractivity contribution < 1.29 is 14.6 Å². The molecule has 1 aliphatic heterocycles. The van der Waals surface area contributed by atoms with Gasteiger partial charge >= 0.3 is 0 Å². The summed E-state index contributed by atoms with van der Waals surface area (Å²) in [4.78, 5) is 2.39. The van der Waals surface area contributed by atoms with Gasteiger partial charge in [0, 0.05) is 32.7 Å². The summed E-state index contributed by atoms with van der Waals surface area (Å²) in [5.74, 6) is 0.771. The molecule has 124 valence electrons. The molecule has 2 rings (SSSR count). The van der Waals surface area contributed by atoms with Crippen LogP contribution in [-0.4, -0.2) is 74.8 Å². The van der Waals surface area contributed by atoms with Crippen molar-refractivity contribution in [2.75, 3.05) is 52.5 Å². The van der Waals surface area contributed by atoms with Gasteiger partial charge in [-0.1, -0.05) is 19.8 Å². The lowest BCUT2D eigenvalue weighted by Gasteiger charge is -2.28. The van der Waals surface area contributed by atoms with Crippen molar-refractivity contribution in [3.8, 4) is 0 Å². The van der Waals surface area contributed by atoms with E-state index in [0.29, 0.717) is 19.3 Å². The van der Waals surface area contributed by atoms with Gasteiger partial charge in [-0.25, -0.2) is 0 Å². The molecule has 5 heteroatoms. The van der Waals surface area contributed by atoms with E-state index in [-0.39, 0.29) is 0 Å². The number of nitrogens with zero attached hydrogens (tertiary/aromatic N) is 1. The number of aliphatic hydroxyl groups is 1. The molecule has 0 aromatic carbocycles. The van der Waals surface area contributed by atoms with Crippen LogP contribution < -0.4 is 5.32 Å². The molecule has 2 aliphatic rings. The highest BCUT2D eigenvalue weighted by Gasteiger charge is 2.20. The monoisotopic (exact) mass is 300 g/mol. The molecule has 1 saturated heterocycles. The first-order valence-electron chi connectivity index (χ1n) is 8.54. The molecule has 3 atom stereocenters. The highest BCUT2D eigenvalue weighted by molar-refractivity contribution is 4.71. The van der Waals surface area contributed by atoms with Crippen LogP contribution >= 0.6 is 0 Å². The molecule has 1 saturated carbocycles. The van der Waals surface area contributed by atoms with E-state index in [2.05, 4.69) is 17.1 Å². The van der Waals surface area contributed by atoms with Crippen LogP contribution in [0.5, 0.6) is 0 Å². The Bertz CT molecular complexity index is 272. The number of hydrogen-bond donors (Lipinski definition) is 2. The third-order valence-electron chi connectivity index (χ3n) is 4.50. The molecule has 5 nitrogen and oxygen atoms in total. The van der Waals surface area contributed by atoms with E-state index in [1.807, 2.05) is 0 Å². The summed E-state index contributed by atoms with van der Waals surface area (Å²) in [6.07, 6.45) is 4.85. The van der Waals surface area contributed by atoms with Crippen molar-refractivity contribution in [1.82, 2.24) is 10.2 Å². The normalized spacial score (nSPS) is 29.4. The fourth-order valence-corrected chi connectivity index (χ4v) is 3.17. The lowest BCUT2D eigenvalue weighted by atomic mass is 9.89. The zero-order valence-electron chi connectivity index (χ0n) is 13.4. The van der Waals surface area contributed by atoms with E-state index < -0.39 is 6.10 Å². The molecule has 1 aliphatic carbocycles. The molecule has 3 unspecified atom stereocenters. The van der Waals surface area contributed by atoms with Crippen molar-refractivity contribution in [2.24, 2.45) is 5.92 Å². The van der Waals surface area contributed by atoms with Crippen LogP contribution in [0.15, 0.2) is 0 Å². The summed E-state index contributed by atoms with van der Waals surface area (Å²) in [6, 6.07) is 0. The van der Waals surface area contributed by atoms with Gasteiger partial charge in [-0.15, -0.1) is 0 Å². The molecule has 0 aromatic rings. The highest BCUT2D eigenvalue weighted by Crippen LogP contribution is 2.25. The Morgan fingerprint density at radius 2 is 2.14 bits per heavy atom. The third-order valence-corrected chi connectivity index (χ3v) is 4.50. The maximum Gasteiger partial charge on any atom is 0.0897 e. The Kier molecular flexibility index (Phi) is 7.96. The summed E-state index contributed by atoms with van der Waals surface area (Å²) in [5.41, 5.74) is 0. The van der Waals surface area contributed by atoms with Crippen LogP contribution in [0.25, 0.3) is 0 Å². The largest absolute Gasteiger partial charge is 0.389 e. The average Bonchev–Trinajstić information content (AvgIpc) is 2.51. The van der Waals surface area contributed by atoms with Crippen LogP contribution in [0.1, 0.15) is 32.6 Å². The lowest BCUT2D eigenvalue weighted by molar-refractivity contribution is -0.0308. The van der Waals surface area contributed by atoms with E-state index in [1.165, 1.54) is 12.8 Å². The fraction of sp³-hybridized carbons (Fsp3) is 1.00. The topological polar surface area (TPSA) is 54.0 Å². The van der Waals surface area contributed by atoms with Gasteiger partial charge < -0.3 is 19.9 Å². The van der Waals surface area contributed by atoms with Crippen molar-refractivity contribution in [3.63, 3.8) is 0 Å². The quantitative estimate of drug-likeness (QED) is 0.651. The number of hydrogen-bond acceptors (Lipinski definition) is 5. The average molecular weight is 300 g/mol. The number of aliphatic hydroxyl groups excluding tert-OH is 1. The van der Waals surface area contributed by atoms with E-state index in [4.69, 9.17) is 9.47 Å². The Morgan fingerprint density at radius 1 is 1.33 bits per heavy atom. The van der Waals surface area contributed by atoms with E-state index in [9.17, 15) is 5.11 Å². The zero-order chi connectivity index (χ0) is 14.9. The molecule has 0 aromatic heterocycles. The van der Waals surface area contributed by atoms with Gasteiger partial charge in [0.15, 0.2) is 0 Å². The Hall–Kier alpha value is -0.200. The van der Waals surface area contributed by atoms with Crippen LogP contribution in [0, 0.1) is 5.92 Å². The van der Waals surface area contributed by atoms with Gasteiger partial charge in [-0.2, -0.15) is 0 Å². The van der Waals surface area contributed by atoms with Crippen molar-refractivity contribution in [3.05, 3.63) is 0 Å². The number of morpholine rings is 1. The second-order valence-corrected chi connectivity index (χ2v) is 6.54. The number of nitrogens with one attached hydrogen (secondary N) is 1. The van der Waals surface area contributed by atoms with Gasteiger partial charge in [0.25, 0.3) is 0 Å². The fourth-order valence-electron chi connectivity index (χ4n) is 3.17. The molecule has 0 spiro atoms. The van der Waals surface area contributed by atoms with Crippen LogP contribution in [-0.2, 0) is 9.47 Å². The minimum absolute atomic E-state index is 0.358. The van der Waals surface area contributed by atoms with Gasteiger partial charge in [0.05, 0.1) is 32.0 Å². The van der Waals surface area contributed by atoms with E-state index >= 15 is 0 Å². The zero-order valence-corrected chi connectivity index (χ0v) is 13.4. The molecule has 2 fully saturated rings. The van der Waals surface area contributed by atoms with Crippen molar-refractivity contribution in [1.29, 1.82) is 0 Å². The van der Waals surface area contributed by atoms with E-state index in [1.54, 1.807) is 0 Å². The molecule has 0 amide bonds. The van der Waals surface area contributed by atoms with Gasteiger partial charge in [-0.05, 0) is 18.8 Å². The second kappa shape index (κ2) is 9.74. The molecular weight excluding hydrogens is 268 g/mol. The van der Waals surface area contributed by atoms with Gasteiger partial charge in [0.2, 0.25) is 0 Å². The van der Waals surface area contributed by atoms with Crippen molar-refractivity contribution >= 4 is 0 Å². The summed E-state index contributed by atoms with van der Waals surface area (Å²) < 4.78 is 11.2. The highest BCUT2D eigenvalue weighted by atomic mass is 16.5. The molecule has 21 heavy (non-hydrogen) atoms. The predicted octanol–water partition coefficient (Wildman–Crippen LogP) is 0.864. The number of rotatable bonds is 8. The van der Waals surface area contributed by atoms with Crippen LogP contribution in [0.4, 0.5) is 0 Å². The Labute approximate surface area is 129 Å². The summed E-state index contributed by atoms with van der Waals surface area (Å²) >= 11 is 0. The van der Waals surface area contributed by atoms with Gasteiger partial charge in [0.1, 0.15) is 0 Å². The Balaban J connectivity index is 1.46. The maximum atomic E-state index is 9.96. The molecule has 0 bridgehead atoms. The standard InChI is InChI=1S/C16H32N2O3/c1-14-3-2-4-16(11-14)21-13-15(19)12-17-5-6-18-7-9-20-10-8-18/h14-17,19H,2-13H2,1H3. The lowest BCUT2D eigenvalue weighted by Crippen LogP contribution is -2.42. The van der Waals surface area contributed by atoms with Crippen LogP contribution in [0.3, 0.4) is 0 Å². The first-order chi connectivity index (χ1) is 10.2. The molecule has 1 heterocycles.